The van der Waals surface area contributed by atoms with Gasteiger partial charge in [0.05, 0.1) is 0 Å². The van der Waals surface area contributed by atoms with Crippen LogP contribution in [0.2, 0.25) is 0 Å². The molecule has 0 aliphatic carbocycles. The predicted molar refractivity (Wildman–Crippen MR) is 61.8 cm³/mol. The summed E-state index contributed by atoms with van der Waals surface area (Å²) in [6, 6.07) is 0. The van der Waals surface area contributed by atoms with Crippen LogP contribution in [0.1, 0.15) is 41.5 Å². The van der Waals surface area contributed by atoms with Crippen molar-refractivity contribution in [2.75, 3.05) is 0 Å². The zero-order chi connectivity index (χ0) is 14.4. The van der Waals surface area contributed by atoms with Gasteiger partial charge in [0, 0.05) is 0 Å². The maximum absolute atomic E-state index is 9.44. The van der Waals surface area contributed by atoms with E-state index in [0.29, 0.717) is 0 Å². The zero-order valence-electron chi connectivity index (χ0n) is 11.0. The van der Waals surface area contributed by atoms with Gasteiger partial charge in [-0.2, -0.15) is 27.7 Å². The van der Waals surface area contributed by atoms with Gasteiger partial charge in [0.25, 0.3) is 0 Å². The van der Waals surface area contributed by atoms with E-state index in [-0.39, 0.29) is 32.0 Å². The SMILES string of the molecule is CC(C)=O.C[C-]=O.C[C-]=O.C[C-]=O.C[C-]=O.[Zr+4]. The van der Waals surface area contributed by atoms with E-state index in [9.17, 15) is 4.79 Å². The molecule has 0 saturated heterocycles. The Labute approximate surface area is 122 Å². The summed E-state index contributed by atoms with van der Waals surface area (Å²) in [4.78, 5) is 44.2. The molecule has 0 fully saturated rings. The standard InChI is InChI=1S/C3H6O.4C2H3O.Zr/c1-3(2)4;4*1-2-3;/h1-2H3;4*1H3;/q;4*-1;+4. The first-order valence-corrected chi connectivity index (χ1v) is 4.02. The molecule has 0 saturated carbocycles. The van der Waals surface area contributed by atoms with Gasteiger partial charge in [-0.05, 0) is 13.8 Å². The number of rotatable bonds is 0. The number of hydrogen-bond acceptors (Lipinski definition) is 5. The molecule has 0 aromatic carbocycles. The molecule has 0 amide bonds. The number of carbonyl (C=O) groups excluding carboxylic acids is 5. The van der Waals surface area contributed by atoms with Gasteiger partial charge in [0.2, 0.25) is 0 Å². The second kappa shape index (κ2) is 79.4. The molecular formula is C11H18O5Zr. The minimum atomic E-state index is 0. The first-order valence-electron chi connectivity index (χ1n) is 4.02. The van der Waals surface area contributed by atoms with Crippen LogP contribution >= 0.6 is 0 Å². The van der Waals surface area contributed by atoms with Gasteiger partial charge < -0.3 is 24.0 Å². The van der Waals surface area contributed by atoms with Crippen LogP contribution < -0.4 is 0 Å². The minimum absolute atomic E-state index is 0. The molecule has 0 rings (SSSR count). The van der Waals surface area contributed by atoms with E-state index in [4.69, 9.17) is 19.2 Å². The molecule has 0 aliphatic rings. The van der Waals surface area contributed by atoms with E-state index in [1.54, 1.807) is 0 Å². The average molecular weight is 321 g/mol. The number of ketones is 1. The number of Topliss-reactive ketones (excluding diaryl/α,β-unsaturated/α-hetero) is 1. The summed E-state index contributed by atoms with van der Waals surface area (Å²) in [5.74, 6) is 0.167. The Balaban J connectivity index is -0.0000000221. The minimum Gasteiger partial charge on any atom is -0.542 e. The van der Waals surface area contributed by atoms with Crippen molar-refractivity contribution in [1.82, 2.24) is 0 Å². The van der Waals surface area contributed by atoms with E-state index < -0.39 is 0 Å². The third kappa shape index (κ3) is 4540. The maximum atomic E-state index is 9.44. The molecule has 0 aromatic heterocycles. The van der Waals surface area contributed by atoms with Gasteiger partial charge >= 0.3 is 26.2 Å². The molecule has 0 atom stereocenters. The van der Waals surface area contributed by atoms with Crippen molar-refractivity contribution < 1.29 is 50.2 Å². The Kier molecular flexibility index (Phi) is 168. The Morgan fingerprint density at radius 1 is 0.647 bits per heavy atom. The molecule has 0 aromatic rings. The smallest absolute Gasteiger partial charge is 0.542 e. The van der Waals surface area contributed by atoms with Gasteiger partial charge in [-0.25, -0.2) is 0 Å². The summed E-state index contributed by atoms with van der Waals surface area (Å²) in [5, 5.41) is 0. The second-order valence-electron chi connectivity index (χ2n) is 1.72. The van der Waals surface area contributed by atoms with Crippen LogP contribution in [-0.4, -0.2) is 30.9 Å². The largest absolute Gasteiger partial charge is 4.00 e. The van der Waals surface area contributed by atoms with E-state index in [1.165, 1.54) is 66.7 Å². The Bertz CT molecular complexity index is 130. The number of carbonyl (C=O) groups is 1. The van der Waals surface area contributed by atoms with Crippen LogP contribution in [0.5, 0.6) is 0 Å². The van der Waals surface area contributed by atoms with Crippen molar-refractivity contribution in [1.29, 1.82) is 0 Å². The Morgan fingerprint density at radius 2 is 0.647 bits per heavy atom. The fraction of sp³-hybridized carbons (Fsp3) is 0.545. The van der Waals surface area contributed by atoms with Gasteiger partial charge in [-0.1, -0.05) is 0 Å². The van der Waals surface area contributed by atoms with E-state index in [0.717, 1.165) is 0 Å². The quantitative estimate of drug-likeness (QED) is 0.623. The van der Waals surface area contributed by atoms with Crippen molar-refractivity contribution in [2.24, 2.45) is 0 Å². The van der Waals surface area contributed by atoms with Crippen LogP contribution in [0.4, 0.5) is 0 Å². The summed E-state index contributed by atoms with van der Waals surface area (Å²) < 4.78 is 0. The Hall–Kier alpha value is -0.767. The molecule has 17 heavy (non-hydrogen) atoms. The first kappa shape index (κ1) is 36.0. The van der Waals surface area contributed by atoms with E-state index in [1.807, 2.05) is 0 Å². The molecule has 5 nitrogen and oxygen atoms in total. The zero-order valence-corrected chi connectivity index (χ0v) is 13.5. The third-order valence-corrected chi connectivity index (χ3v) is 0. The second-order valence-corrected chi connectivity index (χ2v) is 1.72. The summed E-state index contributed by atoms with van der Waals surface area (Å²) in [5.41, 5.74) is 0. The van der Waals surface area contributed by atoms with Gasteiger partial charge in [0.15, 0.2) is 0 Å². The molecule has 0 aliphatic heterocycles. The van der Waals surface area contributed by atoms with Crippen LogP contribution in [0.25, 0.3) is 0 Å². The van der Waals surface area contributed by atoms with E-state index >= 15 is 0 Å². The molecule has 96 valence electrons. The predicted octanol–water partition coefficient (Wildman–Crippen LogP) is 1.06. The first-order chi connectivity index (χ1) is 7.39. The third-order valence-electron chi connectivity index (χ3n) is 0. The van der Waals surface area contributed by atoms with Gasteiger partial charge in [-0.3, -0.25) is 25.1 Å². The molecule has 0 N–H and O–H groups in total. The molecule has 0 heterocycles. The van der Waals surface area contributed by atoms with E-state index in [2.05, 4.69) is 0 Å². The van der Waals surface area contributed by atoms with Crippen LogP contribution in [0.15, 0.2) is 0 Å². The van der Waals surface area contributed by atoms with Crippen LogP contribution in [0, 0.1) is 0 Å². The topological polar surface area (TPSA) is 85.3 Å². The monoisotopic (exact) mass is 320 g/mol. The van der Waals surface area contributed by atoms with Crippen molar-refractivity contribution in [2.45, 2.75) is 41.5 Å². The molecule has 0 bridgehead atoms. The molecule has 0 radical (unpaired) electrons. The fourth-order valence-electron chi connectivity index (χ4n) is 0. The summed E-state index contributed by atoms with van der Waals surface area (Å²) in [7, 11) is 0. The van der Waals surface area contributed by atoms with Crippen molar-refractivity contribution in [3.63, 3.8) is 0 Å². The molecule has 0 spiro atoms. The van der Waals surface area contributed by atoms with Gasteiger partial charge in [0.1, 0.15) is 5.78 Å². The van der Waals surface area contributed by atoms with Crippen molar-refractivity contribution in [3.05, 3.63) is 0 Å². The van der Waals surface area contributed by atoms with Gasteiger partial charge in [-0.15, -0.1) is 0 Å². The maximum Gasteiger partial charge on any atom is 4.00 e. The van der Waals surface area contributed by atoms with Crippen molar-refractivity contribution in [3.8, 4) is 0 Å². The summed E-state index contributed by atoms with van der Waals surface area (Å²) in [6.07, 6.45) is 6.00. The fourth-order valence-corrected chi connectivity index (χ4v) is 0. The molecular weight excluding hydrogens is 303 g/mol. The Morgan fingerprint density at radius 3 is 0.647 bits per heavy atom. The molecule has 0 unspecified atom stereocenters. The summed E-state index contributed by atoms with van der Waals surface area (Å²) >= 11 is 0. The molecule has 6 heteroatoms. The number of hydrogen-bond donors (Lipinski definition) is 0. The van der Waals surface area contributed by atoms with Crippen molar-refractivity contribution >= 4 is 30.9 Å². The normalized spacial score (nSPS) is 4.59. The summed E-state index contributed by atoms with van der Waals surface area (Å²) in [6.45, 7) is 8.33. The van der Waals surface area contributed by atoms with Crippen LogP contribution in [-0.2, 0) is 50.2 Å². The van der Waals surface area contributed by atoms with Crippen LogP contribution in [0.3, 0.4) is 0 Å². The average Bonchev–Trinajstić information content (AvgIpc) is 2.06.